The average molecular weight is 355 g/mol. The maximum Gasteiger partial charge on any atom is 0.323 e. The minimum absolute atomic E-state index is 0.226. The smallest absolute Gasteiger partial charge is 0.323 e. The van der Waals surface area contributed by atoms with E-state index in [4.69, 9.17) is 10.5 Å². The Labute approximate surface area is 158 Å². The third kappa shape index (κ3) is 3.69. The molecule has 0 unspecified atom stereocenters. The molecular weight excluding hydrogens is 334 g/mol. The molecular formula is C24H21NO2. The van der Waals surface area contributed by atoms with Crippen molar-refractivity contribution in [2.75, 3.05) is 0 Å². The van der Waals surface area contributed by atoms with Gasteiger partial charge in [-0.2, -0.15) is 0 Å². The van der Waals surface area contributed by atoms with Gasteiger partial charge in [0.25, 0.3) is 0 Å². The molecule has 1 atom stereocenters. The van der Waals surface area contributed by atoms with Crippen LogP contribution in [0.2, 0.25) is 0 Å². The first kappa shape index (κ1) is 17.3. The molecule has 134 valence electrons. The second-order valence-electron chi connectivity index (χ2n) is 6.69. The fraction of sp³-hybridized carbons (Fsp3) is 0.125. The van der Waals surface area contributed by atoms with Crippen LogP contribution in [0.25, 0.3) is 21.5 Å². The summed E-state index contributed by atoms with van der Waals surface area (Å²) in [5.74, 6) is -0.379. The number of esters is 1. The van der Waals surface area contributed by atoms with Crippen LogP contribution in [-0.2, 0) is 22.6 Å². The van der Waals surface area contributed by atoms with E-state index < -0.39 is 6.04 Å². The number of rotatable bonds is 5. The van der Waals surface area contributed by atoms with Crippen molar-refractivity contribution in [1.29, 1.82) is 0 Å². The summed E-state index contributed by atoms with van der Waals surface area (Å²) >= 11 is 0. The maximum atomic E-state index is 12.4. The summed E-state index contributed by atoms with van der Waals surface area (Å²) in [6.07, 6.45) is 0.454. The lowest BCUT2D eigenvalue weighted by Crippen LogP contribution is -2.34. The van der Waals surface area contributed by atoms with Gasteiger partial charge in [-0.1, -0.05) is 84.9 Å². The van der Waals surface area contributed by atoms with Crippen molar-refractivity contribution in [2.24, 2.45) is 5.73 Å². The largest absolute Gasteiger partial charge is 0.460 e. The number of hydrogen-bond donors (Lipinski definition) is 1. The standard InChI is InChI=1S/C24H21NO2/c25-23(15-19-11-5-9-17-7-1-3-13-21(17)19)24(26)27-16-20-12-6-10-18-8-2-4-14-22(18)20/h1-14,23H,15-16,25H2/t23-/m0/s1. The zero-order valence-corrected chi connectivity index (χ0v) is 15.0. The molecule has 0 aliphatic carbocycles. The molecule has 0 amide bonds. The van der Waals surface area contributed by atoms with E-state index in [1.54, 1.807) is 0 Å². The first-order valence-corrected chi connectivity index (χ1v) is 9.08. The number of ether oxygens (including phenoxy) is 1. The third-order valence-electron chi connectivity index (χ3n) is 4.87. The van der Waals surface area contributed by atoms with Gasteiger partial charge >= 0.3 is 5.97 Å². The van der Waals surface area contributed by atoms with E-state index in [-0.39, 0.29) is 12.6 Å². The van der Waals surface area contributed by atoms with E-state index in [2.05, 4.69) is 18.2 Å². The minimum atomic E-state index is -0.689. The molecule has 0 radical (unpaired) electrons. The number of nitrogens with two attached hydrogens (primary N) is 1. The van der Waals surface area contributed by atoms with Gasteiger partial charge in [0.1, 0.15) is 12.6 Å². The fourth-order valence-electron chi connectivity index (χ4n) is 3.47. The van der Waals surface area contributed by atoms with Gasteiger partial charge < -0.3 is 10.5 Å². The number of fused-ring (bicyclic) bond motifs is 2. The van der Waals surface area contributed by atoms with Gasteiger partial charge in [-0.25, -0.2) is 0 Å². The molecule has 0 aliphatic heterocycles. The van der Waals surface area contributed by atoms with Crippen LogP contribution in [0.4, 0.5) is 0 Å². The average Bonchev–Trinajstić information content (AvgIpc) is 2.72. The van der Waals surface area contributed by atoms with Crippen molar-refractivity contribution in [1.82, 2.24) is 0 Å². The lowest BCUT2D eigenvalue weighted by Gasteiger charge is -2.14. The van der Waals surface area contributed by atoms with Gasteiger partial charge in [0.2, 0.25) is 0 Å². The van der Waals surface area contributed by atoms with Crippen molar-refractivity contribution in [2.45, 2.75) is 19.1 Å². The highest BCUT2D eigenvalue weighted by atomic mass is 16.5. The zero-order valence-electron chi connectivity index (χ0n) is 15.0. The summed E-state index contributed by atoms with van der Waals surface area (Å²) < 4.78 is 5.52. The van der Waals surface area contributed by atoms with Gasteiger partial charge in [0.15, 0.2) is 0 Å². The van der Waals surface area contributed by atoms with Crippen LogP contribution in [-0.4, -0.2) is 12.0 Å². The topological polar surface area (TPSA) is 52.3 Å². The van der Waals surface area contributed by atoms with Crippen LogP contribution >= 0.6 is 0 Å². The first-order valence-electron chi connectivity index (χ1n) is 9.08. The summed E-state index contributed by atoms with van der Waals surface area (Å²) in [5, 5.41) is 4.49. The summed E-state index contributed by atoms with van der Waals surface area (Å²) in [6.45, 7) is 0.226. The van der Waals surface area contributed by atoms with Gasteiger partial charge in [-0.15, -0.1) is 0 Å². The van der Waals surface area contributed by atoms with Crippen molar-refractivity contribution in [3.05, 3.63) is 96.1 Å². The lowest BCUT2D eigenvalue weighted by atomic mass is 9.99. The van der Waals surface area contributed by atoms with Crippen LogP contribution in [0.5, 0.6) is 0 Å². The second kappa shape index (κ2) is 7.60. The van der Waals surface area contributed by atoms with Crippen LogP contribution in [0.15, 0.2) is 84.9 Å². The molecule has 0 aliphatic rings. The maximum absolute atomic E-state index is 12.4. The van der Waals surface area contributed by atoms with E-state index in [0.29, 0.717) is 6.42 Å². The molecule has 4 rings (SSSR count). The predicted octanol–water partition coefficient (Wildman–Crippen LogP) is 4.61. The molecule has 0 spiro atoms. The van der Waals surface area contributed by atoms with Crippen molar-refractivity contribution in [3.63, 3.8) is 0 Å². The summed E-state index contributed by atoms with van der Waals surface area (Å²) in [6, 6.07) is 27.6. The number of carbonyl (C=O) groups excluding carboxylic acids is 1. The fourth-order valence-corrected chi connectivity index (χ4v) is 3.47. The highest BCUT2D eigenvalue weighted by Gasteiger charge is 2.17. The molecule has 27 heavy (non-hydrogen) atoms. The van der Waals surface area contributed by atoms with Crippen molar-refractivity contribution < 1.29 is 9.53 Å². The highest BCUT2D eigenvalue weighted by Crippen LogP contribution is 2.21. The molecule has 0 aromatic heterocycles. The van der Waals surface area contributed by atoms with Crippen molar-refractivity contribution in [3.8, 4) is 0 Å². The van der Waals surface area contributed by atoms with Gasteiger partial charge in [-0.05, 0) is 39.1 Å². The Bertz CT molecular complexity index is 1090. The molecule has 4 aromatic carbocycles. The molecule has 0 bridgehead atoms. The predicted molar refractivity (Wildman–Crippen MR) is 109 cm³/mol. The Kier molecular flexibility index (Phi) is 4.86. The van der Waals surface area contributed by atoms with Crippen molar-refractivity contribution >= 4 is 27.5 Å². The van der Waals surface area contributed by atoms with Gasteiger partial charge in [-0.3, -0.25) is 4.79 Å². The summed E-state index contributed by atoms with van der Waals surface area (Å²) in [7, 11) is 0. The Hall–Kier alpha value is -3.17. The Morgan fingerprint density at radius 1 is 0.741 bits per heavy atom. The van der Waals surface area contributed by atoms with E-state index in [0.717, 1.165) is 32.7 Å². The normalized spacial score (nSPS) is 12.2. The summed E-state index contributed by atoms with van der Waals surface area (Å²) in [4.78, 5) is 12.4. The Morgan fingerprint density at radius 2 is 1.26 bits per heavy atom. The quantitative estimate of drug-likeness (QED) is 0.532. The van der Waals surface area contributed by atoms with Gasteiger partial charge in [0, 0.05) is 0 Å². The monoisotopic (exact) mass is 355 g/mol. The van der Waals surface area contributed by atoms with E-state index in [1.165, 1.54) is 0 Å². The molecule has 0 heterocycles. The molecule has 4 aromatic rings. The number of carbonyl (C=O) groups is 1. The molecule has 3 nitrogen and oxygen atoms in total. The Balaban J connectivity index is 1.46. The molecule has 0 saturated heterocycles. The van der Waals surface area contributed by atoms with Gasteiger partial charge in [0.05, 0.1) is 0 Å². The zero-order chi connectivity index (χ0) is 18.6. The van der Waals surface area contributed by atoms with E-state index in [9.17, 15) is 4.79 Å². The minimum Gasteiger partial charge on any atom is -0.460 e. The van der Waals surface area contributed by atoms with Crippen LogP contribution in [0, 0.1) is 0 Å². The first-order chi connectivity index (χ1) is 13.2. The van der Waals surface area contributed by atoms with Crippen LogP contribution in [0.1, 0.15) is 11.1 Å². The third-order valence-corrected chi connectivity index (χ3v) is 4.87. The van der Waals surface area contributed by atoms with Crippen LogP contribution in [0.3, 0.4) is 0 Å². The molecule has 0 fully saturated rings. The summed E-state index contributed by atoms with van der Waals surface area (Å²) in [5.41, 5.74) is 8.19. The van der Waals surface area contributed by atoms with E-state index >= 15 is 0 Å². The van der Waals surface area contributed by atoms with E-state index in [1.807, 2.05) is 66.7 Å². The molecule has 2 N–H and O–H groups in total. The number of benzene rings is 4. The SMILES string of the molecule is N[C@@H](Cc1cccc2ccccc12)C(=O)OCc1cccc2ccccc12. The molecule has 3 heteroatoms. The number of hydrogen-bond acceptors (Lipinski definition) is 3. The molecule has 0 saturated carbocycles. The lowest BCUT2D eigenvalue weighted by molar-refractivity contribution is -0.146. The second-order valence-corrected chi connectivity index (χ2v) is 6.69. The Morgan fingerprint density at radius 3 is 1.93 bits per heavy atom. The van der Waals surface area contributed by atoms with Crippen LogP contribution < -0.4 is 5.73 Å². The highest BCUT2D eigenvalue weighted by molar-refractivity contribution is 5.87.